The van der Waals surface area contributed by atoms with Crippen LogP contribution in [-0.2, 0) is 10.5 Å². The van der Waals surface area contributed by atoms with Crippen LogP contribution in [0.25, 0.3) is 16.6 Å². The van der Waals surface area contributed by atoms with Crippen LogP contribution < -0.4 is 4.74 Å². The number of fused-ring (bicyclic) bond motifs is 3. The summed E-state index contributed by atoms with van der Waals surface area (Å²) in [6, 6.07) is 11.3. The molecule has 1 aromatic carbocycles. The second kappa shape index (κ2) is 6.96. The van der Waals surface area contributed by atoms with Crippen molar-refractivity contribution in [3.05, 3.63) is 53.5 Å². The summed E-state index contributed by atoms with van der Waals surface area (Å²) in [6.45, 7) is 2.05. The first-order valence-electron chi connectivity index (χ1n) is 8.23. The minimum absolute atomic E-state index is 0.185. The molecule has 0 aliphatic rings. The topological polar surface area (TPSA) is 78.9 Å². The molecule has 27 heavy (non-hydrogen) atoms. The van der Waals surface area contributed by atoms with Crippen molar-refractivity contribution in [3.63, 3.8) is 0 Å². The Labute approximate surface area is 159 Å². The van der Waals surface area contributed by atoms with Crippen LogP contribution in [0, 0.1) is 6.92 Å². The molecule has 7 nitrogen and oxygen atoms in total. The maximum Gasteiger partial charge on any atom is 0.373 e. The van der Waals surface area contributed by atoms with E-state index in [-0.39, 0.29) is 5.76 Å². The minimum atomic E-state index is -0.493. The van der Waals surface area contributed by atoms with E-state index in [1.807, 2.05) is 35.6 Å². The molecule has 3 aromatic heterocycles. The lowest BCUT2D eigenvalue weighted by Gasteiger charge is -2.09. The minimum Gasteiger partial charge on any atom is -0.497 e. The van der Waals surface area contributed by atoms with E-state index in [1.165, 1.54) is 18.9 Å². The van der Waals surface area contributed by atoms with Gasteiger partial charge in [-0.2, -0.15) is 0 Å². The van der Waals surface area contributed by atoms with E-state index in [0.717, 1.165) is 33.0 Å². The lowest BCUT2D eigenvalue weighted by Crippen LogP contribution is -1.98. The summed E-state index contributed by atoms with van der Waals surface area (Å²) in [6.07, 6.45) is 0. The van der Waals surface area contributed by atoms with Gasteiger partial charge in [0.25, 0.3) is 0 Å². The van der Waals surface area contributed by atoms with Gasteiger partial charge in [0.05, 0.1) is 25.5 Å². The Hall–Kier alpha value is -3.00. The summed E-state index contributed by atoms with van der Waals surface area (Å²) in [5.74, 6) is 1.63. The Morgan fingerprint density at radius 2 is 2.04 bits per heavy atom. The summed E-state index contributed by atoms with van der Waals surface area (Å²) in [7, 11) is 2.97. The highest BCUT2D eigenvalue weighted by Crippen LogP contribution is 2.30. The number of ether oxygens (including phenoxy) is 2. The molecule has 0 spiro atoms. The molecule has 0 bridgehead atoms. The van der Waals surface area contributed by atoms with Crippen LogP contribution in [-0.4, -0.2) is 34.8 Å². The number of nitrogens with zero attached hydrogens (tertiary/aromatic N) is 3. The van der Waals surface area contributed by atoms with Gasteiger partial charge in [-0.1, -0.05) is 11.8 Å². The standard InChI is InChI=1S/C19H17N3O4S/c1-11-8-17-20-21-19(22(17)15-9-12(24-2)4-6-14(11)15)27-10-13-5-7-16(26-13)18(23)25-3/h4-9H,10H2,1-3H3. The number of aryl methyl sites for hydroxylation is 1. The number of carbonyl (C=O) groups excluding carboxylic acids is 1. The second-order valence-corrected chi connectivity index (χ2v) is 6.88. The Morgan fingerprint density at radius 1 is 1.19 bits per heavy atom. The fourth-order valence-electron chi connectivity index (χ4n) is 2.92. The van der Waals surface area contributed by atoms with Crippen molar-refractivity contribution in [3.8, 4) is 5.75 Å². The molecule has 0 fully saturated rings. The molecule has 4 rings (SSSR count). The number of benzene rings is 1. The Kier molecular flexibility index (Phi) is 4.49. The number of furan rings is 1. The highest BCUT2D eigenvalue weighted by atomic mass is 32.2. The third kappa shape index (κ3) is 3.12. The molecular formula is C19H17N3O4S. The summed E-state index contributed by atoms with van der Waals surface area (Å²) in [5, 5.41) is 10.5. The van der Waals surface area contributed by atoms with Crippen molar-refractivity contribution >= 4 is 34.3 Å². The molecule has 138 valence electrons. The Balaban J connectivity index is 1.71. The first kappa shape index (κ1) is 17.4. The zero-order chi connectivity index (χ0) is 19.0. The predicted octanol–water partition coefficient (Wildman–Crippen LogP) is 3.87. The van der Waals surface area contributed by atoms with Gasteiger partial charge in [-0.05, 0) is 42.8 Å². The maximum atomic E-state index is 11.5. The average Bonchev–Trinajstić information content (AvgIpc) is 3.32. The number of hydrogen-bond donors (Lipinski definition) is 0. The van der Waals surface area contributed by atoms with Crippen molar-refractivity contribution in [1.82, 2.24) is 14.6 Å². The monoisotopic (exact) mass is 383 g/mol. The molecule has 8 heteroatoms. The predicted molar refractivity (Wildman–Crippen MR) is 101 cm³/mol. The number of pyridine rings is 1. The number of esters is 1. The summed E-state index contributed by atoms with van der Waals surface area (Å²) in [5.41, 5.74) is 2.87. The van der Waals surface area contributed by atoms with Crippen molar-refractivity contribution in [2.45, 2.75) is 17.8 Å². The maximum absolute atomic E-state index is 11.5. The summed E-state index contributed by atoms with van der Waals surface area (Å²) < 4.78 is 17.6. The summed E-state index contributed by atoms with van der Waals surface area (Å²) in [4.78, 5) is 11.5. The highest BCUT2D eigenvalue weighted by Gasteiger charge is 2.15. The van der Waals surface area contributed by atoms with E-state index in [0.29, 0.717) is 11.5 Å². The number of methoxy groups -OCH3 is 2. The van der Waals surface area contributed by atoms with Gasteiger partial charge >= 0.3 is 5.97 Å². The third-order valence-electron chi connectivity index (χ3n) is 4.27. The van der Waals surface area contributed by atoms with Crippen LogP contribution in [0.15, 0.2) is 46.0 Å². The molecular weight excluding hydrogens is 366 g/mol. The molecule has 0 unspecified atom stereocenters. The first-order chi connectivity index (χ1) is 13.1. The van der Waals surface area contributed by atoms with Crippen molar-refractivity contribution < 1.29 is 18.7 Å². The molecule has 0 aliphatic carbocycles. The van der Waals surface area contributed by atoms with Gasteiger partial charge in [0.1, 0.15) is 11.5 Å². The SMILES string of the molecule is COC(=O)c1ccc(CSc2nnc3cc(C)c4ccc(OC)cc4n23)o1. The van der Waals surface area contributed by atoms with Crippen LogP contribution >= 0.6 is 11.8 Å². The van der Waals surface area contributed by atoms with Crippen LogP contribution in [0.2, 0.25) is 0 Å². The largest absolute Gasteiger partial charge is 0.497 e. The Bertz CT molecular complexity index is 1150. The van der Waals surface area contributed by atoms with E-state index in [4.69, 9.17) is 9.15 Å². The quantitative estimate of drug-likeness (QED) is 0.382. The molecule has 4 aromatic rings. The van der Waals surface area contributed by atoms with Crippen LogP contribution in [0.3, 0.4) is 0 Å². The van der Waals surface area contributed by atoms with Gasteiger partial charge < -0.3 is 13.9 Å². The smallest absolute Gasteiger partial charge is 0.373 e. The number of carbonyl (C=O) groups is 1. The van der Waals surface area contributed by atoms with E-state index in [9.17, 15) is 4.79 Å². The third-order valence-corrected chi connectivity index (χ3v) is 5.22. The normalized spacial score (nSPS) is 11.2. The first-order valence-corrected chi connectivity index (χ1v) is 9.21. The molecule has 0 saturated heterocycles. The van der Waals surface area contributed by atoms with Crippen molar-refractivity contribution in [1.29, 1.82) is 0 Å². The van der Waals surface area contributed by atoms with Crippen molar-refractivity contribution in [2.75, 3.05) is 14.2 Å². The number of aromatic nitrogens is 3. The number of hydrogen-bond acceptors (Lipinski definition) is 7. The van der Waals surface area contributed by atoms with Gasteiger partial charge in [0.2, 0.25) is 5.76 Å². The van der Waals surface area contributed by atoms with E-state index < -0.39 is 5.97 Å². The average molecular weight is 383 g/mol. The fourth-order valence-corrected chi connectivity index (χ4v) is 3.77. The van der Waals surface area contributed by atoms with Crippen LogP contribution in [0.1, 0.15) is 21.9 Å². The lowest BCUT2D eigenvalue weighted by molar-refractivity contribution is 0.0563. The molecule has 0 radical (unpaired) electrons. The van der Waals surface area contributed by atoms with Gasteiger partial charge in [0.15, 0.2) is 10.8 Å². The molecule has 3 heterocycles. The highest BCUT2D eigenvalue weighted by molar-refractivity contribution is 7.98. The van der Waals surface area contributed by atoms with Crippen molar-refractivity contribution in [2.24, 2.45) is 0 Å². The molecule has 0 atom stereocenters. The molecule has 0 N–H and O–H groups in total. The zero-order valence-electron chi connectivity index (χ0n) is 15.1. The van der Waals surface area contributed by atoms with Gasteiger partial charge in [-0.3, -0.25) is 4.40 Å². The van der Waals surface area contributed by atoms with Gasteiger partial charge in [-0.25, -0.2) is 4.79 Å². The van der Waals surface area contributed by atoms with Crippen LogP contribution in [0.4, 0.5) is 0 Å². The van der Waals surface area contributed by atoms with Crippen LogP contribution in [0.5, 0.6) is 5.75 Å². The molecule has 0 aliphatic heterocycles. The van der Waals surface area contributed by atoms with Gasteiger partial charge in [-0.15, -0.1) is 10.2 Å². The molecule has 0 saturated carbocycles. The summed E-state index contributed by atoms with van der Waals surface area (Å²) >= 11 is 1.48. The van der Waals surface area contributed by atoms with E-state index in [1.54, 1.807) is 19.2 Å². The number of rotatable bonds is 5. The second-order valence-electron chi connectivity index (χ2n) is 5.93. The van der Waals surface area contributed by atoms with E-state index in [2.05, 4.69) is 14.9 Å². The molecule has 0 amide bonds. The Morgan fingerprint density at radius 3 is 2.81 bits per heavy atom. The lowest BCUT2D eigenvalue weighted by atomic mass is 10.1. The van der Waals surface area contributed by atoms with Gasteiger partial charge in [0, 0.05) is 11.5 Å². The fraction of sp³-hybridized carbons (Fsp3) is 0.211. The zero-order valence-corrected chi connectivity index (χ0v) is 15.9. The number of thioether (sulfide) groups is 1. The van der Waals surface area contributed by atoms with E-state index >= 15 is 0 Å².